The van der Waals surface area contributed by atoms with Gasteiger partial charge in [0.15, 0.2) is 5.82 Å². The van der Waals surface area contributed by atoms with E-state index in [2.05, 4.69) is 15.5 Å². The smallest absolute Gasteiger partial charge is 0.229 e. The minimum atomic E-state index is -0.581. The molecule has 2 aliphatic rings. The molecular weight excluding hydrogens is 248 g/mol. The molecule has 19 heavy (non-hydrogen) atoms. The molecule has 0 aliphatic heterocycles. The highest BCUT2D eigenvalue weighted by Gasteiger charge is 2.34. The first kappa shape index (κ1) is 12.6. The normalized spacial score (nSPS) is 30.5. The molecule has 1 amide bonds. The Morgan fingerprint density at radius 1 is 1.47 bits per heavy atom. The van der Waals surface area contributed by atoms with Gasteiger partial charge in [0, 0.05) is 17.9 Å². The van der Waals surface area contributed by atoms with E-state index in [1.165, 1.54) is 0 Å². The van der Waals surface area contributed by atoms with Crippen LogP contribution in [0.3, 0.4) is 0 Å². The van der Waals surface area contributed by atoms with Crippen molar-refractivity contribution in [2.45, 2.75) is 50.3 Å². The second kappa shape index (κ2) is 4.90. The zero-order chi connectivity index (χ0) is 13.4. The van der Waals surface area contributed by atoms with Crippen LogP contribution in [0.15, 0.2) is 4.52 Å². The molecule has 0 unspecified atom stereocenters. The summed E-state index contributed by atoms with van der Waals surface area (Å²) in [5.74, 6) is 1.25. The van der Waals surface area contributed by atoms with Crippen LogP contribution in [0.25, 0.3) is 0 Å². The maximum absolute atomic E-state index is 11.9. The Morgan fingerprint density at radius 3 is 2.89 bits per heavy atom. The van der Waals surface area contributed by atoms with E-state index < -0.39 is 6.10 Å². The minimum Gasteiger partial charge on any atom is -0.391 e. The molecule has 3 rings (SSSR count). The van der Waals surface area contributed by atoms with Gasteiger partial charge in [0.2, 0.25) is 11.8 Å². The van der Waals surface area contributed by atoms with Crippen molar-refractivity contribution in [1.82, 2.24) is 15.5 Å². The van der Waals surface area contributed by atoms with Crippen LogP contribution in [-0.4, -0.2) is 33.3 Å². The highest BCUT2D eigenvalue weighted by Crippen LogP contribution is 2.38. The molecule has 2 saturated carbocycles. The monoisotopic (exact) mass is 266 g/mol. The lowest BCUT2D eigenvalue weighted by Crippen LogP contribution is -2.30. The summed E-state index contributed by atoms with van der Waals surface area (Å²) in [7, 11) is 0. The number of carbonyl (C=O) groups is 1. The number of aromatic nitrogens is 2. The highest BCUT2D eigenvalue weighted by molar-refractivity contribution is 5.79. The molecule has 7 nitrogen and oxygen atoms in total. The molecule has 1 heterocycles. The van der Waals surface area contributed by atoms with Crippen LogP contribution in [-0.2, 0) is 11.3 Å². The molecule has 0 bridgehead atoms. The molecule has 1 aromatic rings. The molecule has 3 atom stereocenters. The van der Waals surface area contributed by atoms with Crippen molar-refractivity contribution in [2.75, 3.05) is 0 Å². The predicted molar refractivity (Wildman–Crippen MR) is 64.8 cm³/mol. The van der Waals surface area contributed by atoms with Crippen LogP contribution in [0, 0.1) is 5.92 Å². The Kier molecular flexibility index (Phi) is 3.24. The van der Waals surface area contributed by atoms with Gasteiger partial charge < -0.3 is 20.7 Å². The zero-order valence-corrected chi connectivity index (χ0v) is 10.6. The van der Waals surface area contributed by atoms with Crippen LogP contribution in [0.1, 0.15) is 43.3 Å². The molecule has 104 valence electrons. The SMILES string of the molecule is N[C@@H]1C[C@H](C(=O)NCc2noc(C3CC3)n2)C[C@H]1O. The van der Waals surface area contributed by atoms with Crippen molar-refractivity contribution in [1.29, 1.82) is 0 Å². The van der Waals surface area contributed by atoms with Crippen LogP contribution in [0.5, 0.6) is 0 Å². The van der Waals surface area contributed by atoms with Gasteiger partial charge in [0.1, 0.15) is 0 Å². The van der Waals surface area contributed by atoms with Crippen molar-refractivity contribution < 1.29 is 14.4 Å². The van der Waals surface area contributed by atoms with Crippen molar-refractivity contribution >= 4 is 5.91 Å². The molecule has 2 aliphatic carbocycles. The molecule has 0 aromatic carbocycles. The van der Waals surface area contributed by atoms with Gasteiger partial charge in [-0.1, -0.05) is 5.16 Å². The van der Waals surface area contributed by atoms with Crippen LogP contribution < -0.4 is 11.1 Å². The van der Waals surface area contributed by atoms with Crippen LogP contribution in [0.4, 0.5) is 0 Å². The van der Waals surface area contributed by atoms with Gasteiger partial charge >= 0.3 is 0 Å². The summed E-state index contributed by atoms with van der Waals surface area (Å²) in [6, 6.07) is -0.303. The van der Waals surface area contributed by atoms with E-state index in [0.717, 1.165) is 12.8 Å². The summed E-state index contributed by atoms with van der Waals surface area (Å²) in [6.07, 6.45) is 2.57. The second-order valence-electron chi connectivity index (χ2n) is 5.44. The number of amides is 1. The van der Waals surface area contributed by atoms with E-state index in [1.807, 2.05) is 0 Å². The Hall–Kier alpha value is -1.47. The standard InChI is InChI=1S/C12H18N4O3/c13-8-3-7(4-9(8)17)11(18)14-5-10-15-12(19-16-10)6-1-2-6/h6-9,17H,1-5,13H2,(H,14,18)/t7-,8+,9+/m0/s1. The largest absolute Gasteiger partial charge is 0.391 e. The first-order chi connectivity index (χ1) is 9.13. The average molecular weight is 266 g/mol. The molecule has 7 heteroatoms. The molecule has 2 fully saturated rings. The molecule has 0 radical (unpaired) electrons. The number of aliphatic hydroxyl groups excluding tert-OH is 1. The first-order valence-corrected chi connectivity index (χ1v) is 6.67. The summed E-state index contributed by atoms with van der Waals surface area (Å²) in [5, 5.41) is 16.1. The van der Waals surface area contributed by atoms with E-state index >= 15 is 0 Å². The van der Waals surface area contributed by atoms with Crippen molar-refractivity contribution in [2.24, 2.45) is 11.7 Å². The number of carbonyl (C=O) groups excluding carboxylic acids is 1. The van der Waals surface area contributed by atoms with Gasteiger partial charge in [-0.25, -0.2) is 0 Å². The third-order valence-corrected chi connectivity index (χ3v) is 3.78. The van der Waals surface area contributed by atoms with E-state index in [1.54, 1.807) is 0 Å². The Morgan fingerprint density at radius 2 is 2.26 bits per heavy atom. The Balaban J connectivity index is 1.49. The number of aliphatic hydroxyl groups is 1. The lowest BCUT2D eigenvalue weighted by Gasteiger charge is -2.08. The van der Waals surface area contributed by atoms with E-state index in [0.29, 0.717) is 30.5 Å². The zero-order valence-electron chi connectivity index (χ0n) is 10.6. The summed E-state index contributed by atoms with van der Waals surface area (Å²) in [4.78, 5) is 16.1. The third kappa shape index (κ3) is 2.76. The van der Waals surface area contributed by atoms with E-state index in [9.17, 15) is 9.90 Å². The van der Waals surface area contributed by atoms with Gasteiger partial charge in [0.05, 0.1) is 12.6 Å². The van der Waals surface area contributed by atoms with Gasteiger partial charge in [-0.3, -0.25) is 4.79 Å². The maximum Gasteiger partial charge on any atom is 0.229 e. The number of rotatable bonds is 4. The lowest BCUT2D eigenvalue weighted by atomic mass is 10.1. The van der Waals surface area contributed by atoms with Gasteiger partial charge in [0.25, 0.3) is 0 Å². The highest BCUT2D eigenvalue weighted by atomic mass is 16.5. The third-order valence-electron chi connectivity index (χ3n) is 3.78. The van der Waals surface area contributed by atoms with Gasteiger partial charge in [-0.15, -0.1) is 0 Å². The molecule has 4 N–H and O–H groups in total. The van der Waals surface area contributed by atoms with E-state index in [4.69, 9.17) is 10.3 Å². The van der Waals surface area contributed by atoms with Gasteiger partial charge in [-0.05, 0) is 25.7 Å². The fourth-order valence-electron chi connectivity index (χ4n) is 2.41. The Labute approximate surface area is 110 Å². The number of hydrogen-bond acceptors (Lipinski definition) is 6. The number of nitrogens with two attached hydrogens (primary N) is 1. The number of nitrogens with zero attached hydrogens (tertiary/aromatic N) is 2. The number of hydrogen-bond donors (Lipinski definition) is 3. The van der Waals surface area contributed by atoms with Crippen molar-refractivity contribution in [3.63, 3.8) is 0 Å². The first-order valence-electron chi connectivity index (χ1n) is 6.67. The van der Waals surface area contributed by atoms with Crippen molar-refractivity contribution in [3.05, 3.63) is 11.7 Å². The number of nitrogens with one attached hydrogen (secondary N) is 1. The molecule has 0 spiro atoms. The lowest BCUT2D eigenvalue weighted by molar-refractivity contribution is -0.125. The van der Waals surface area contributed by atoms with Gasteiger partial charge in [-0.2, -0.15) is 4.98 Å². The Bertz CT molecular complexity index is 461. The molecular formula is C12H18N4O3. The molecule has 1 aromatic heterocycles. The van der Waals surface area contributed by atoms with E-state index in [-0.39, 0.29) is 24.4 Å². The summed E-state index contributed by atoms with van der Waals surface area (Å²) >= 11 is 0. The summed E-state index contributed by atoms with van der Waals surface area (Å²) in [5.41, 5.74) is 5.69. The fraction of sp³-hybridized carbons (Fsp3) is 0.750. The quantitative estimate of drug-likeness (QED) is 0.687. The minimum absolute atomic E-state index is 0.107. The predicted octanol–water partition coefficient (Wildman–Crippen LogP) is -0.339. The second-order valence-corrected chi connectivity index (χ2v) is 5.44. The van der Waals surface area contributed by atoms with Crippen LogP contribution >= 0.6 is 0 Å². The fourth-order valence-corrected chi connectivity index (χ4v) is 2.41. The topological polar surface area (TPSA) is 114 Å². The molecule has 0 saturated heterocycles. The van der Waals surface area contributed by atoms with Crippen molar-refractivity contribution in [3.8, 4) is 0 Å². The average Bonchev–Trinajstić information content (AvgIpc) is 3.04. The van der Waals surface area contributed by atoms with Crippen LogP contribution in [0.2, 0.25) is 0 Å². The maximum atomic E-state index is 11.9. The summed E-state index contributed by atoms with van der Waals surface area (Å²) < 4.78 is 5.11. The summed E-state index contributed by atoms with van der Waals surface area (Å²) in [6.45, 7) is 0.261.